The summed E-state index contributed by atoms with van der Waals surface area (Å²) in [7, 11) is 0. The van der Waals surface area contributed by atoms with Gasteiger partial charge in [0.05, 0.1) is 0 Å². The number of urea groups is 1. The van der Waals surface area contributed by atoms with Gasteiger partial charge in [-0.3, -0.25) is 14.5 Å². The summed E-state index contributed by atoms with van der Waals surface area (Å²) in [6.45, 7) is 5.76. The Kier molecular flexibility index (Phi) is 3.51. The summed E-state index contributed by atoms with van der Waals surface area (Å²) in [5, 5.41) is 5.17. The Morgan fingerprint density at radius 1 is 1.44 bits per heavy atom. The highest BCUT2D eigenvalue weighted by Gasteiger charge is 2.43. The van der Waals surface area contributed by atoms with Gasteiger partial charge in [-0.05, 0) is 20.8 Å². The molecule has 1 fully saturated rings. The predicted octanol–water partition coefficient (Wildman–Crippen LogP) is -0.157. The van der Waals surface area contributed by atoms with Gasteiger partial charge in [0.2, 0.25) is 5.91 Å². The molecule has 16 heavy (non-hydrogen) atoms. The first kappa shape index (κ1) is 12.5. The van der Waals surface area contributed by atoms with Crippen molar-refractivity contribution in [2.75, 3.05) is 13.1 Å². The second-order valence-electron chi connectivity index (χ2n) is 4.22. The Bertz CT molecular complexity index is 325. The average Bonchev–Trinajstić information content (AvgIpc) is 2.35. The molecule has 0 aliphatic carbocycles. The van der Waals surface area contributed by atoms with Gasteiger partial charge in [0, 0.05) is 19.5 Å². The summed E-state index contributed by atoms with van der Waals surface area (Å²) in [6, 6.07) is -0.431. The second kappa shape index (κ2) is 4.51. The summed E-state index contributed by atoms with van der Waals surface area (Å²) in [4.78, 5) is 35.4. The average molecular weight is 227 g/mol. The van der Waals surface area contributed by atoms with Gasteiger partial charge < -0.3 is 10.6 Å². The van der Waals surface area contributed by atoms with Gasteiger partial charge in [0.1, 0.15) is 5.54 Å². The van der Waals surface area contributed by atoms with Crippen LogP contribution in [0.5, 0.6) is 0 Å². The largest absolute Gasteiger partial charge is 0.356 e. The lowest BCUT2D eigenvalue weighted by Crippen LogP contribution is -2.40. The smallest absolute Gasteiger partial charge is 0.325 e. The molecule has 1 aliphatic heterocycles. The number of carbonyl (C=O) groups is 3. The summed E-state index contributed by atoms with van der Waals surface area (Å²) < 4.78 is 0. The standard InChI is InChI=1S/C10H17N3O3/c1-4-11-7(14)5-6-13-8(15)10(2,3)12-9(13)16/h4-6H2,1-3H3,(H,11,14)(H,12,16). The third-order valence-electron chi connectivity index (χ3n) is 2.38. The second-order valence-corrected chi connectivity index (χ2v) is 4.22. The van der Waals surface area contributed by atoms with Crippen LogP contribution in [0, 0.1) is 0 Å². The van der Waals surface area contributed by atoms with Crippen LogP contribution in [0.4, 0.5) is 4.79 Å². The number of hydrogen-bond donors (Lipinski definition) is 2. The van der Waals surface area contributed by atoms with Crippen LogP contribution in [0.3, 0.4) is 0 Å². The van der Waals surface area contributed by atoms with E-state index in [1.807, 2.05) is 6.92 Å². The van der Waals surface area contributed by atoms with Gasteiger partial charge in [-0.1, -0.05) is 0 Å². The lowest BCUT2D eigenvalue weighted by molar-refractivity contribution is -0.130. The molecule has 90 valence electrons. The molecule has 6 nitrogen and oxygen atoms in total. The quantitative estimate of drug-likeness (QED) is 0.655. The maximum absolute atomic E-state index is 11.7. The van der Waals surface area contributed by atoms with Crippen LogP contribution >= 0.6 is 0 Å². The highest BCUT2D eigenvalue weighted by molar-refractivity contribution is 6.06. The molecule has 0 spiro atoms. The van der Waals surface area contributed by atoms with Crippen LogP contribution < -0.4 is 10.6 Å². The van der Waals surface area contributed by atoms with E-state index in [2.05, 4.69) is 10.6 Å². The highest BCUT2D eigenvalue weighted by atomic mass is 16.2. The van der Waals surface area contributed by atoms with Gasteiger partial charge >= 0.3 is 6.03 Å². The molecular formula is C10H17N3O3. The molecule has 0 aromatic rings. The monoisotopic (exact) mass is 227 g/mol. The number of rotatable bonds is 4. The van der Waals surface area contributed by atoms with Crippen molar-refractivity contribution in [1.82, 2.24) is 15.5 Å². The molecule has 6 heteroatoms. The lowest BCUT2D eigenvalue weighted by Gasteiger charge is -2.15. The predicted molar refractivity (Wildman–Crippen MR) is 57.6 cm³/mol. The van der Waals surface area contributed by atoms with Crippen molar-refractivity contribution in [2.45, 2.75) is 32.7 Å². The summed E-state index contributed by atoms with van der Waals surface area (Å²) in [5.41, 5.74) is -0.863. The van der Waals surface area contributed by atoms with Crippen molar-refractivity contribution < 1.29 is 14.4 Å². The fourth-order valence-electron chi connectivity index (χ4n) is 1.52. The maximum atomic E-state index is 11.7. The van der Waals surface area contributed by atoms with E-state index >= 15 is 0 Å². The summed E-state index contributed by atoms with van der Waals surface area (Å²) >= 11 is 0. The van der Waals surface area contributed by atoms with Crippen LogP contribution in [0.2, 0.25) is 0 Å². The van der Waals surface area contributed by atoms with Crippen LogP contribution in [0.25, 0.3) is 0 Å². The Hall–Kier alpha value is -1.59. The SMILES string of the molecule is CCNC(=O)CCN1C(=O)NC(C)(C)C1=O. The first-order valence-corrected chi connectivity index (χ1v) is 5.29. The molecule has 0 unspecified atom stereocenters. The zero-order valence-corrected chi connectivity index (χ0v) is 9.79. The number of amides is 4. The Morgan fingerprint density at radius 2 is 2.06 bits per heavy atom. The third kappa shape index (κ3) is 2.50. The normalized spacial score (nSPS) is 18.6. The maximum Gasteiger partial charge on any atom is 0.325 e. The van der Waals surface area contributed by atoms with E-state index < -0.39 is 11.6 Å². The Morgan fingerprint density at radius 3 is 2.50 bits per heavy atom. The molecule has 0 atom stereocenters. The van der Waals surface area contributed by atoms with Gasteiger partial charge in [0.15, 0.2) is 0 Å². The van der Waals surface area contributed by atoms with Gasteiger partial charge in [0.25, 0.3) is 5.91 Å². The molecule has 1 heterocycles. The van der Waals surface area contributed by atoms with Gasteiger partial charge in [-0.25, -0.2) is 4.79 Å². The molecule has 1 rings (SSSR count). The lowest BCUT2D eigenvalue weighted by atomic mass is 10.1. The molecule has 0 aromatic carbocycles. The minimum Gasteiger partial charge on any atom is -0.356 e. The van der Waals surface area contributed by atoms with Crippen molar-refractivity contribution in [2.24, 2.45) is 0 Å². The number of nitrogens with one attached hydrogen (secondary N) is 2. The number of imide groups is 1. The van der Waals surface area contributed by atoms with Crippen LogP contribution in [-0.2, 0) is 9.59 Å². The Balaban J connectivity index is 2.52. The van der Waals surface area contributed by atoms with E-state index in [-0.39, 0.29) is 24.8 Å². The first-order valence-electron chi connectivity index (χ1n) is 5.29. The molecule has 1 aliphatic rings. The third-order valence-corrected chi connectivity index (χ3v) is 2.38. The van der Waals surface area contributed by atoms with Gasteiger partial charge in [-0.2, -0.15) is 0 Å². The van der Waals surface area contributed by atoms with Crippen LogP contribution in [0.1, 0.15) is 27.2 Å². The number of hydrogen-bond acceptors (Lipinski definition) is 3. The number of carbonyl (C=O) groups excluding carboxylic acids is 3. The van der Waals surface area contributed by atoms with Crippen molar-refractivity contribution in [3.05, 3.63) is 0 Å². The van der Waals surface area contributed by atoms with Crippen LogP contribution in [-0.4, -0.2) is 41.4 Å². The molecular weight excluding hydrogens is 210 g/mol. The zero-order chi connectivity index (χ0) is 12.3. The Labute approximate surface area is 94.4 Å². The minimum absolute atomic E-state index is 0.125. The van der Waals surface area contributed by atoms with Crippen molar-refractivity contribution in [1.29, 1.82) is 0 Å². The molecule has 0 aromatic heterocycles. The molecule has 4 amide bonds. The molecule has 2 N–H and O–H groups in total. The molecule has 0 radical (unpaired) electrons. The summed E-state index contributed by atoms with van der Waals surface area (Å²) in [6.07, 6.45) is 0.142. The van der Waals surface area contributed by atoms with Crippen molar-refractivity contribution >= 4 is 17.8 Å². The zero-order valence-electron chi connectivity index (χ0n) is 9.79. The van der Waals surface area contributed by atoms with E-state index in [0.29, 0.717) is 6.54 Å². The highest BCUT2D eigenvalue weighted by Crippen LogP contribution is 2.16. The van der Waals surface area contributed by atoms with Crippen molar-refractivity contribution in [3.63, 3.8) is 0 Å². The van der Waals surface area contributed by atoms with E-state index in [1.54, 1.807) is 13.8 Å². The van der Waals surface area contributed by atoms with E-state index in [9.17, 15) is 14.4 Å². The molecule has 0 saturated carbocycles. The summed E-state index contributed by atoms with van der Waals surface area (Å²) in [5.74, 6) is -0.449. The van der Waals surface area contributed by atoms with Crippen LogP contribution in [0.15, 0.2) is 0 Å². The number of nitrogens with zero attached hydrogens (tertiary/aromatic N) is 1. The van der Waals surface area contributed by atoms with Crippen molar-refractivity contribution in [3.8, 4) is 0 Å². The molecule has 0 bridgehead atoms. The van der Waals surface area contributed by atoms with Gasteiger partial charge in [-0.15, -0.1) is 0 Å². The molecule has 1 saturated heterocycles. The van der Waals surface area contributed by atoms with E-state index in [4.69, 9.17) is 0 Å². The topological polar surface area (TPSA) is 78.5 Å². The van der Waals surface area contributed by atoms with E-state index in [1.165, 1.54) is 0 Å². The fraction of sp³-hybridized carbons (Fsp3) is 0.700. The minimum atomic E-state index is -0.863. The first-order chi connectivity index (χ1) is 7.38. The fourth-order valence-corrected chi connectivity index (χ4v) is 1.52. The van der Waals surface area contributed by atoms with E-state index in [0.717, 1.165) is 4.90 Å².